The fraction of sp³-hybridized carbons (Fsp3) is 0.368. The van der Waals surface area contributed by atoms with Crippen molar-refractivity contribution in [1.82, 2.24) is 30.0 Å². The maximum absolute atomic E-state index is 12.6. The molecule has 0 radical (unpaired) electrons. The number of hydrogen-bond donors (Lipinski definition) is 1. The lowest BCUT2D eigenvalue weighted by Gasteiger charge is -2.36. The molecule has 0 saturated carbocycles. The summed E-state index contributed by atoms with van der Waals surface area (Å²) in [7, 11) is 0. The minimum absolute atomic E-state index is 0.0468. The first-order valence-electron chi connectivity index (χ1n) is 9.19. The van der Waals surface area contributed by atoms with E-state index in [4.69, 9.17) is 0 Å². The summed E-state index contributed by atoms with van der Waals surface area (Å²) in [6, 6.07) is 9.69. The number of rotatable bonds is 5. The topological polar surface area (TPSA) is 78.7 Å². The van der Waals surface area contributed by atoms with Crippen LogP contribution in [0.15, 0.2) is 48.9 Å². The van der Waals surface area contributed by atoms with Crippen molar-refractivity contribution < 1.29 is 4.79 Å². The molecule has 8 heteroatoms. The zero-order chi connectivity index (χ0) is 18.6. The van der Waals surface area contributed by atoms with Crippen LogP contribution in [0.1, 0.15) is 17.3 Å². The number of nitrogens with zero attached hydrogens (tertiary/aromatic N) is 6. The van der Waals surface area contributed by atoms with Gasteiger partial charge < -0.3 is 10.2 Å². The van der Waals surface area contributed by atoms with E-state index >= 15 is 0 Å². The van der Waals surface area contributed by atoms with Crippen LogP contribution in [-0.4, -0.2) is 69.4 Å². The van der Waals surface area contributed by atoms with E-state index < -0.39 is 0 Å². The molecule has 0 aliphatic carbocycles. The monoisotopic (exact) mass is 365 g/mol. The molecule has 1 unspecified atom stereocenters. The fourth-order valence-electron chi connectivity index (χ4n) is 3.44. The quantitative estimate of drug-likeness (QED) is 0.729. The second-order valence-corrected chi connectivity index (χ2v) is 6.81. The summed E-state index contributed by atoms with van der Waals surface area (Å²) in [5, 5.41) is 11.3. The Kier molecular flexibility index (Phi) is 4.97. The van der Waals surface area contributed by atoms with Crippen molar-refractivity contribution >= 4 is 17.2 Å². The number of aromatic nitrogens is 4. The van der Waals surface area contributed by atoms with Gasteiger partial charge in [-0.15, -0.1) is 0 Å². The molecule has 1 fully saturated rings. The Bertz CT molecular complexity index is 903. The summed E-state index contributed by atoms with van der Waals surface area (Å²) in [4.78, 5) is 21.7. The van der Waals surface area contributed by atoms with E-state index in [1.807, 2.05) is 37.4 Å². The molecule has 0 bridgehead atoms. The summed E-state index contributed by atoms with van der Waals surface area (Å²) in [6.45, 7) is 6.65. The number of pyridine rings is 1. The zero-order valence-electron chi connectivity index (χ0n) is 15.3. The minimum atomic E-state index is -0.113. The van der Waals surface area contributed by atoms with Gasteiger partial charge in [0, 0.05) is 51.2 Å². The van der Waals surface area contributed by atoms with Gasteiger partial charge in [0.25, 0.3) is 5.91 Å². The molecule has 0 spiro atoms. The lowest BCUT2D eigenvalue weighted by Crippen LogP contribution is -2.51. The smallest absolute Gasteiger partial charge is 0.255 e. The first kappa shape index (κ1) is 17.4. The molecule has 4 rings (SSSR count). The van der Waals surface area contributed by atoms with Crippen LogP contribution in [0.2, 0.25) is 0 Å². The molecule has 1 amide bonds. The minimum Gasteiger partial charge on any atom is -0.354 e. The second kappa shape index (κ2) is 7.71. The molecule has 8 nitrogen and oxygen atoms in total. The average molecular weight is 365 g/mol. The molecule has 140 valence electrons. The highest BCUT2D eigenvalue weighted by Gasteiger charge is 2.21. The number of amides is 1. The zero-order valence-corrected chi connectivity index (χ0v) is 15.3. The molecule has 1 saturated heterocycles. The Balaban J connectivity index is 1.30. The van der Waals surface area contributed by atoms with Crippen molar-refractivity contribution in [3.63, 3.8) is 0 Å². The number of anilines is 1. The number of nitrogens with one attached hydrogen (secondary N) is 1. The van der Waals surface area contributed by atoms with E-state index in [2.05, 4.69) is 30.3 Å². The molecule has 1 N–H and O–H groups in total. The van der Waals surface area contributed by atoms with Crippen LogP contribution in [0, 0.1) is 0 Å². The van der Waals surface area contributed by atoms with Gasteiger partial charge in [-0.3, -0.25) is 9.69 Å². The Labute approximate surface area is 157 Å². The van der Waals surface area contributed by atoms with Crippen LogP contribution >= 0.6 is 0 Å². The van der Waals surface area contributed by atoms with E-state index in [0.717, 1.165) is 38.5 Å². The summed E-state index contributed by atoms with van der Waals surface area (Å²) in [5.74, 6) is 0.915. The third-order valence-corrected chi connectivity index (χ3v) is 4.80. The number of carbonyl (C=O) groups is 1. The van der Waals surface area contributed by atoms with Crippen molar-refractivity contribution in [3.8, 4) is 0 Å². The normalized spacial score (nSPS) is 16.4. The van der Waals surface area contributed by atoms with E-state index in [0.29, 0.717) is 11.1 Å². The number of hydrogen-bond acceptors (Lipinski definition) is 6. The molecule has 3 aromatic rings. The van der Waals surface area contributed by atoms with Gasteiger partial charge >= 0.3 is 0 Å². The Morgan fingerprint density at radius 2 is 1.96 bits per heavy atom. The van der Waals surface area contributed by atoms with Crippen LogP contribution in [0.5, 0.6) is 0 Å². The predicted octanol–water partition coefficient (Wildman–Crippen LogP) is 1.06. The molecular weight excluding hydrogens is 342 g/mol. The molecule has 4 heterocycles. The molecule has 0 aromatic carbocycles. The molecule has 27 heavy (non-hydrogen) atoms. The maximum Gasteiger partial charge on any atom is 0.255 e. The van der Waals surface area contributed by atoms with Crippen molar-refractivity contribution in [2.75, 3.05) is 37.6 Å². The molecular formula is C19H23N7O. The van der Waals surface area contributed by atoms with Gasteiger partial charge in [0.1, 0.15) is 11.3 Å². The third kappa shape index (κ3) is 3.90. The van der Waals surface area contributed by atoms with Crippen LogP contribution < -0.4 is 10.2 Å². The lowest BCUT2D eigenvalue weighted by molar-refractivity contribution is 0.0929. The standard InChI is InChI=1S/C19H23N7O/c1-15(23-19(27)16-13-22-26-17(16)5-4-8-21-26)14-24-9-11-25(12-10-24)18-6-2-3-7-20-18/h2-8,13,15H,9-12,14H2,1H3,(H,23,27). The first-order valence-corrected chi connectivity index (χ1v) is 9.19. The van der Waals surface area contributed by atoms with E-state index in [-0.39, 0.29) is 11.9 Å². The van der Waals surface area contributed by atoms with Gasteiger partial charge in [0.2, 0.25) is 0 Å². The van der Waals surface area contributed by atoms with Crippen LogP contribution in [-0.2, 0) is 0 Å². The number of carbonyl (C=O) groups excluding carboxylic acids is 1. The highest BCUT2D eigenvalue weighted by molar-refractivity contribution is 6.00. The SMILES string of the molecule is CC(CN1CCN(c2ccccn2)CC1)NC(=O)c1cnn2ncccc12. The third-order valence-electron chi connectivity index (χ3n) is 4.80. The summed E-state index contributed by atoms with van der Waals surface area (Å²) in [5.41, 5.74) is 1.26. The first-order chi connectivity index (χ1) is 13.2. The van der Waals surface area contributed by atoms with Crippen molar-refractivity contribution in [2.24, 2.45) is 0 Å². The second-order valence-electron chi connectivity index (χ2n) is 6.81. The average Bonchev–Trinajstić information content (AvgIpc) is 3.13. The molecule has 1 aliphatic rings. The van der Waals surface area contributed by atoms with E-state index in [1.54, 1.807) is 18.5 Å². The van der Waals surface area contributed by atoms with Gasteiger partial charge in [-0.2, -0.15) is 14.8 Å². The Morgan fingerprint density at radius 1 is 1.11 bits per heavy atom. The summed E-state index contributed by atoms with van der Waals surface area (Å²) >= 11 is 0. The lowest BCUT2D eigenvalue weighted by atomic mass is 10.2. The van der Waals surface area contributed by atoms with Gasteiger partial charge in [-0.1, -0.05) is 6.07 Å². The van der Waals surface area contributed by atoms with Crippen molar-refractivity contribution in [2.45, 2.75) is 13.0 Å². The van der Waals surface area contributed by atoms with E-state index in [9.17, 15) is 4.79 Å². The summed E-state index contributed by atoms with van der Waals surface area (Å²) < 4.78 is 1.47. The number of fused-ring (bicyclic) bond motifs is 1. The van der Waals surface area contributed by atoms with Gasteiger partial charge in [0.15, 0.2) is 0 Å². The van der Waals surface area contributed by atoms with E-state index in [1.165, 1.54) is 4.63 Å². The number of piperazine rings is 1. The van der Waals surface area contributed by atoms with Crippen molar-refractivity contribution in [1.29, 1.82) is 0 Å². The molecule has 1 atom stereocenters. The predicted molar refractivity (Wildman–Crippen MR) is 103 cm³/mol. The fourth-order valence-corrected chi connectivity index (χ4v) is 3.44. The van der Waals surface area contributed by atoms with Crippen LogP contribution in [0.3, 0.4) is 0 Å². The Hall–Kier alpha value is -3.00. The van der Waals surface area contributed by atoms with Gasteiger partial charge in [0.05, 0.1) is 11.8 Å². The largest absolute Gasteiger partial charge is 0.354 e. The molecule has 3 aromatic heterocycles. The van der Waals surface area contributed by atoms with Crippen LogP contribution in [0.4, 0.5) is 5.82 Å². The van der Waals surface area contributed by atoms with Crippen LogP contribution in [0.25, 0.3) is 5.52 Å². The Morgan fingerprint density at radius 3 is 2.74 bits per heavy atom. The highest BCUT2D eigenvalue weighted by atomic mass is 16.1. The van der Waals surface area contributed by atoms with Crippen molar-refractivity contribution in [3.05, 3.63) is 54.5 Å². The maximum atomic E-state index is 12.6. The summed E-state index contributed by atoms with van der Waals surface area (Å²) in [6.07, 6.45) is 5.04. The van der Waals surface area contributed by atoms with Gasteiger partial charge in [-0.25, -0.2) is 4.98 Å². The van der Waals surface area contributed by atoms with Gasteiger partial charge in [-0.05, 0) is 31.2 Å². The highest BCUT2D eigenvalue weighted by Crippen LogP contribution is 2.13. The molecule has 1 aliphatic heterocycles.